The van der Waals surface area contributed by atoms with Crippen molar-refractivity contribution in [2.45, 2.75) is 32.2 Å². The number of aromatic nitrogens is 2. The second kappa shape index (κ2) is 10.5. The molecule has 6 nitrogen and oxygen atoms in total. The Balaban J connectivity index is 0.00000243. The van der Waals surface area contributed by atoms with Gasteiger partial charge in [0.2, 0.25) is 11.7 Å². The van der Waals surface area contributed by atoms with Crippen LogP contribution >= 0.6 is 35.6 Å². The summed E-state index contributed by atoms with van der Waals surface area (Å²) in [6.45, 7) is 3.46. The molecule has 0 saturated heterocycles. The number of guanidine groups is 1. The number of hydrogen-bond donors (Lipinski definition) is 2. The van der Waals surface area contributed by atoms with Crippen molar-refractivity contribution < 1.29 is 4.52 Å². The Morgan fingerprint density at radius 3 is 2.88 bits per heavy atom. The number of rotatable bonds is 6. The molecule has 0 fully saturated rings. The Morgan fingerprint density at radius 1 is 1.35 bits per heavy atom. The molecule has 0 amide bonds. The van der Waals surface area contributed by atoms with E-state index in [1.807, 2.05) is 24.3 Å². The molecule has 0 aliphatic heterocycles. The Hall–Kier alpha value is -1.61. The molecule has 8 heteroatoms. The summed E-state index contributed by atoms with van der Waals surface area (Å²) in [5, 5.41) is 11.4. The summed E-state index contributed by atoms with van der Waals surface area (Å²) in [5.41, 5.74) is 0.842. The fraction of sp³-hybridized carbons (Fsp3) is 0.389. The van der Waals surface area contributed by atoms with Crippen LogP contribution in [0, 0.1) is 0 Å². The molecule has 3 rings (SSSR count). The maximum atomic E-state index is 6.00. The molecule has 1 heterocycles. The zero-order valence-electron chi connectivity index (χ0n) is 14.6. The summed E-state index contributed by atoms with van der Waals surface area (Å²) < 4.78 is 5.31. The lowest BCUT2D eigenvalue weighted by molar-refractivity contribution is 0.380. The van der Waals surface area contributed by atoms with Crippen LogP contribution < -0.4 is 10.6 Å². The number of aliphatic imine (C=N–C) groups is 1. The molecule has 1 aliphatic carbocycles. The van der Waals surface area contributed by atoms with Gasteiger partial charge in [0.15, 0.2) is 5.96 Å². The van der Waals surface area contributed by atoms with E-state index >= 15 is 0 Å². The number of benzene rings is 1. The summed E-state index contributed by atoms with van der Waals surface area (Å²) in [7, 11) is 0. The summed E-state index contributed by atoms with van der Waals surface area (Å²) in [5.74, 6) is 1.94. The third-order valence-corrected chi connectivity index (χ3v) is 4.07. The molecule has 1 aromatic carbocycles. The molecule has 0 saturated carbocycles. The van der Waals surface area contributed by atoms with Crippen LogP contribution in [0.2, 0.25) is 5.02 Å². The fourth-order valence-electron chi connectivity index (χ4n) is 2.61. The first-order valence-electron chi connectivity index (χ1n) is 8.53. The van der Waals surface area contributed by atoms with Crippen LogP contribution in [0.25, 0.3) is 11.4 Å². The van der Waals surface area contributed by atoms with E-state index in [0.29, 0.717) is 35.7 Å². The van der Waals surface area contributed by atoms with E-state index in [2.05, 4.69) is 44.8 Å². The second-order valence-corrected chi connectivity index (χ2v) is 6.25. The van der Waals surface area contributed by atoms with Crippen LogP contribution in [0.3, 0.4) is 0 Å². The maximum Gasteiger partial charge on any atom is 0.228 e. The first-order valence-corrected chi connectivity index (χ1v) is 8.90. The second-order valence-electron chi connectivity index (χ2n) is 5.82. The van der Waals surface area contributed by atoms with Crippen LogP contribution in [-0.4, -0.2) is 35.2 Å². The smallest absolute Gasteiger partial charge is 0.228 e. The van der Waals surface area contributed by atoms with Gasteiger partial charge in [0, 0.05) is 29.6 Å². The van der Waals surface area contributed by atoms with E-state index in [-0.39, 0.29) is 24.0 Å². The summed E-state index contributed by atoms with van der Waals surface area (Å²) >= 11 is 6.00. The third-order valence-electron chi connectivity index (χ3n) is 3.84. The summed E-state index contributed by atoms with van der Waals surface area (Å²) in [6.07, 6.45) is 7.05. The molecule has 0 atom stereocenters. The topological polar surface area (TPSA) is 75.3 Å². The van der Waals surface area contributed by atoms with Crippen molar-refractivity contribution in [2.75, 3.05) is 13.1 Å². The minimum atomic E-state index is 0. The molecule has 1 aliphatic rings. The average molecular weight is 488 g/mol. The molecule has 2 N–H and O–H groups in total. The lowest BCUT2D eigenvalue weighted by Gasteiger charge is -2.16. The van der Waals surface area contributed by atoms with Crippen LogP contribution in [0.4, 0.5) is 0 Å². The lowest BCUT2D eigenvalue weighted by atomic mass is 10.2. The molecule has 1 aromatic heterocycles. The monoisotopic (exact) mass is 487 g/mol. The van der Waals surface area contributed by atoms with Gasteiger partial charge in [-0.05, 0) is 31.9 Å². The van der Waals surface area contributed by atoms with E-state index in [1.165, 1.54) is 0 Å². The van der Waals surface area contributed by atoms with Gasteiger partial charge in [0.05, 0.1) is 6.54 Å². The van der Waals surface area contributed by atoms with Crippen LogP contribution in [0.15, 0.2) is 45.9 Å². The molecular weight excluding hydrogens is 465 g/mol. The van der Waals surface area contributed by atoms with Crippen LogP contribution in [0.5, 0.6) is 0 Å². The number of halogens is 2. The highest BCUT2D eigenvalue weighted by Gasteiger charge is 2.12. The van der Waals surface area contributed by atoms with E-state index in [0.717, 1.165) is 30.9 Å². The maximum absolute atomic E-state index is 6.00. The Labute approximate surface area is 175 Å². The van der Waals surface area contributed by atoms with Gasteiger partial charge in [-0.3, -0.25) is 4.99 Å². The predicted octanol–water partition coefficient (Wildman–Crippen LogP) is 3.82. The van der Waals surface area contributed by atoms with E-state index in [1.54, 1.807) is 0 Å². The first-order chi connectivity index (χ1) is 12.2. The van der Waals surface area contributed by atoms with Crippen molar-refractivity contribution in [3.63, 3.8) is 0 Å². The van der Waals surface area contributed by atoms with Crippen molar-refractivity contribution in [3.8, 4) is 11.4 Å². The van der Waals surface area contributed by atoms with E-state index in [4.69, 9.17) is 16.1 Å². The van der Waals surface area contributed by atoms with Crippen molar-refractivity contribution in [1.29, 1.82) is 0 Å². The first kappa shape index (κ1) is 20.7. The molecule has 26 heavy (non-hydrogen) atoms. The molecule has 0 spiro atoms. The lowest BCUT2D eigenvalue weighted by Crippen LogP contribution is -2.42. The standard InChI is InChI=1S/C18H22ClN5O.HI/c1-2-20-18(22-15-8-3-4-9-15)21-11-10-16-23-17(24-25-16)13-6-5-7-14(19)12-13;/h3-7,12,15H,2,8-11H2,1H3,(H2,20,21,22);1H. The van der Waals surface area contributed by atoms with Gasteiger partial charge < -0.3 is 15.2 Å². The number of nitrogens with one attached hydrogen (secondary N) is 2. The van der Waals surface area contributed by atoms with Crippen molar-refractivity contribution in [3.05, 3.63) is 47.3 Å². The zero-order chi connectivity index (χ0) is 17.5. The van der Waals surface area contributed by atoms with Crippen molar-refractivity contribution in [1.82, 2.24) is 20.8 Å². The summed E-state index contributed by atoms with van der Waals surface area (Å²) in [4.78, 5) is 9.00. The largest absolute Gasteiger partial charge is 0.357 e. The molecule has 0 radical (unpaired) electrons. The minimum absolute atomic E-state index is 0. The van der Waals surface area contributed by atoms with Gasteiger partial charge in [-0.15, -0.1) is 24.0 Å². The van der Waals surface area contributed by atoms with Crippen LogP contribution in [-0.2, 0) is 6.42 Å². The van der Waals surface area contributed by atoms with Crippen molar-refractivity contribution >= 4 is 41.5 Å². The van der Waals surface area contributed by atoms with Crippen LogP contribution in [0.1, 0.15) is 25.7 Å². The highest BCUT2D eigenvalue weighted by molar-refractivity contribution is 14.0. The quantitative estimate of drug-likeness (QED) is 0.280. The number of nitrogens with zero attached hydrogens (tertiary/aromatic N) is 3. The van der Waals surface area contributed by atoms with Crippen molar-refractivity contribution in [2.24, 2.45) is 4.99 Å². The normalized spacial score (nSPS) is 14.3. The zero-order valence-corrected chi connectivity index (χ0v) is 17.7. The van der Waals surface area contributed by atoms with Gasteiger partial charge in [0.25, 0.3) is 0 Å². The molecule has 0 unspecified atom stereocenters. The molecule has 140 valence electrons. The molecular formula is C18H23ClIN5O. The Morgan fingerprint density at radius 2 is 2.15 bits per heavy atom. The molecule has 0 bridgehead atoms. The summed E-state index contributed by atoms with van der Waals surface area (Å²) in [6, 6.07) is 7.83. The highest BCUT2D eigenvalue weighted by Crippen LogP contribution is 2.20. The van der Waals surface area contributed by atoms with Gasteiger partial charge in [-0.1, -0.05) is 41.0 Å². The SMILES string of the molecule is CCNC(=NCCc1nc(-c2cccc(Cl)c2)no1)NC1CC=CC1.I. The average Bonchev–Trinajstić information content (AvgIpc) is 3.27. The van der Waals surface area contributed by atoms with Gasteiger partial charge in [-0.2, -0.15) is 4.98 Å². The highest BCUT2D eigenvalue weighted by atomic mass is 127. The Kier molecular flexibility index (Phi) is 8.37. The number of hydrogen-bond acceptors (Lipinski definition) is 4. The fourth-order valence-corrected chi connectivity index (χ4v) is 2.80. The van der Waals surface area contributed by atoms with E-state index < -0.39 is 0 Å². The van der Waals surface area contributed by atoms with E-state index in [9.17, 15) is 0 Å². The molecule has 2 aromatic rings. The Bertz CT molecular complexity index is 754. The van der Waals surface area contributed by atoms with Gasteiger partial charge >= 0.3 is 0 Å². The predicted molar refractivity (Wildman–Crippen MR) is 115 cm³/mol. The van der Waals surface area contributed by atoms with Gasteiger partial charge in [-0.25, -0.2) is 0 Å². The minimum Gasteiger partial charge on any atom is -0.357 e. The van der Waals surface area contributed by atoms with Gasteiger partial charge in [0.1, 0.15) is 0 Å². The third kappa shape index (κ3) is 5.98.